The van der Waals surface area contributed by atoms with E-state index in [1.807, 2.05) is 24.3 Å². The van der Waals surface area contributed by atoms with Gasteiger partial charge in [-0.3, -0.25) is 9.80 Å². The molecule has 2 aliphatic heterocycles. The standard InChI is InChI=1S/C19H28N2O4/c1-15(24-13-12-22)25-19(23)17-7-5-16(6-8-17)14-21-11-3-10-20-9-2-4-18(20)21/h5-8,15,18,22H,2-4,9-14H2,1H3. The van der Waals surface area contributed by atoms with Gasteiger partial charge in [0.25, 0.3) is 0 Å². The van der Waals surface area contributed by atoms with Gasteiger partial charge in [-0.05, 0) is 50.4 Å². The number of benzene rings is 1. The van der Waals surface area contributed by atoms with Crippen molar-refractivity contribution in [3.05, 3.63) is 35.4 Å². The van der Waals surface area contributed by atoms with E-state index in [-0.39, 0.29) is 13.2 Å². The Labute approximate surface area is 149 Å². The van der Waals surface area contributed by atoms with Gasteiger partial charge in [-0.1, -0.05) is 12.1 Å². The van der Waals surface area contributed by atoms with Crippen LogP contribution in [0.3, 0.4) is 0 Å². The number of ether oxygens (including phenoxy) is 2. The van der Waals surface area contributed by atoms with Gasteiger partial charge in [0.1, 0.15) is 0 Å². The van der Waals surface area contributed by atoms with Crippen molar-refractivity contribution in [1.82, 2.24) is 9.80 Å². The highest BCUT2D eigenvalue weighted by atomic mass is 16.7. The van der Waals surface area contributed by atoms with Crippen LogP contribution in [0.25, 0.3) is 0 Å². The van der Waals surface area contributed by atoms with E-state index in [1.165, 1.54) is 37.9 Å². The molecule has 2 fully saturated rings. The fourth-order valence-electron chi connectivity index (χ4n) is 3.75. The van der Waals surface area contributed by atoms with E-state index in [0.29, 0.717) is 11.7 Å². The predicted octanol–water partition coefficient (Wildman–Crippen LogP) is 1.83. The molecule has 0 amide bonds. The van der Waals surface area contributed by atoms with Gasteiger partial charge in [0, 0.05) is 19.6 Å². The summed E-state index contributed by atoms with van der Waals surface area (Å²) < 4.78 is 10.3. The number of fused-ring (bicyclic) bond motifs is 1. The number of rotatable bonds is 7. The Morgan fingerprint density at radius 3 is 2.76 bits per heavy atom. The van der Waals surface area contributed by atoms with Crippen molar-refractivity contribution < 1.29 is 19.4 Å². The Hall–Kier alpha value is -1.47. The Morgan fingerprint density at radius 2 is 2.00 bits per heavy atom. The maximum atomic E-state index is 12.1. The number of aliphatic hydroxyl groups is 1. The maximum Gasteiger partial charge on any atom is 0.340 e. The second-order valence-corrected chi connectivity index (χ2v) is 6.75. The first-order valence-electron chi connectivity index (χ1n) is 9.18. The van der Waals surface area contributed by atoms with E-state index in [4.69, 9.17) is 14.6 Å². The van der Waals surface area contributed by atoms with Gasteiger partial charge in [-0.15, -0.1) is 0 Å². The lowest BCUT2D eigenvalue weighted by atomic mass is 10.1. The summed E-state index contributed by atoms with van der Waals surface area (Å²) in [6, 6.07) is 7.63. The molecule has 2 aliphatic rings. The molecule has 1 N–H and O–H groups in total. The molecule has 3 rings (SSSR count). The number of hydrogen-bond donors (Lipinski definition) is 1. The number of nitrogens with zero attached hydrogens (tertiary/aromatic N) is 2. The molecule has 138 valence electrons. The Balaban J connectivity index is 1.54. The van der Waals surface area contributed by atoms with Crippen molar-refractivity contribution >= 4 is 5.97 Å². The highest BCUT2D eigenvalue weighted by Crippen LogP contribution is 2.26. The summed E-state index contributed by atoms with van der Waals surface area (Å²) in [6.07, 6.45) is 3.70. The predicted molar refractivity (Wildman–Crippen MR) is 94.0 cm³/mol. The first kappa shape index (κ1) is 18.3. The van der Waals surface area contributed by atoms with Gasteiger partial charge >= 0.3 is 5.97 Å². The lowest BCUT2D eigenvalue weighted by molar-refractivity contribution is -0.104. The van der Waals surface area contributed by atoms with Crippen molar-refractivity contribution in [2.24, 2.45) is 0 Å². The first-order valence-corrected chi connectivity index (χ1v) is 9.18. The molecule has 6 heteroatoms. The van der Waals surface area contributed by atoms with Crippen LogP contribution in [0.4, 0.5) is 0 Å². The van der Waals surface area contributed by atoms with Gasteiger partial charge in [-0.2, -0.15) is 0 Å². The number of hydrogen-bond acceptors (Lipinski definition) is 6. The molecule has 1 aromatic carbocycles. The number of esters is 1. The fourth-order valence-corrected chi connectivity index (χ4v) is 3.75. The summed E-state index contributed by atoms with van der Waals surface area (Å²) in [5, 5.41) is 8.72. The van der Waals surface area contributed by atoms with Crippen LogP contribution in [-0.4, -0.2) is 66.2 Å². The molecule has 0 spiro atoms. The van der Waals surface area contributed by atoms with Crippen molar-refractivity contribution in [1.29, 1.82) is 0 Å². The summed E-state index contributed by atoms with van der Waals surface area (Å²) in [5.74, 6) is -0.406. The fraction of sp³-hybridized carbons (Fsp3) is 0.632. The van der Waals surface area contributed by atoms with E-state index in [9.17, 15) is 4.79 Å². The van der Waals surface area contributed by atoms with Gasteiger partial charge in [0.05, 0.1) is 24.9 Å². The molecule has 1 aromatic rings. The highest BCUT2D eigenvalue weighted by Gasteiger charge is 2.32. The summed E-state index contributed by atoms with van der Waals surface area (Å²) in [5.41, 5.74) is 1.74. The third kappa shape index (κ3) is 4.79. The second kappa shape index (κ2) is 8.76. The molecule has 0 saturated carbocycles. The molecule has 0 aromatic heterocycles. The third-order valence-electron chi connectivity index (χ3n) is 4.93. The molecule has 25 heavy (non-hydrogen) atoms. The van der Waals surface area contributed by atoms with Crippen molar-refractivity contribution in [3.8, 4) is 0 Å². The number of carbonyl (C=O) groups is 1. The Kier molecular flexibility index (Phi) is 6.42. The Morgan fingerprint density at radius 1 is 1.24 bits per heavy atom. The SMILES string of the molecule is CC(OCCO)OC(=O)c1ccc(CN2CCCN3CCCC32)cc1. The summed E-state index contributed by atoms with van der Waals surface area (Å²) in [6.45, 7) is 6.22. The van der Waals surface area contributed by atoms with E-state index in [1.54, 1.807) is 6.92 Å². The Bertz CT molecular complexity index is 563. The number of carbonyl (C=O) groups excluding carboxylic acids is 1. The van der Waals surface area contributed by atoms with E-state index >= 15 is 0 Å². The average Bonchev–Trinajstić information content (AvgIpc) is 3.10. The molecule has 2 atom stereocenters. The van der Waals surface area contributed by atoms with Crippen LogP contribution >= 0.6 is 0 Å². The molecular formula is C19H28N2O4. The van der Waals surface area contributed by atoms with E-state index in [0.717, 1.165) is 13.1 Å². The molecule has 2 heterocycles. The van der Waals surface area contributed by atoms with Crippen LogP contribution in [0.1, 0.15) is 42.1 Å². The zero-order chi connectivity index (χ0) is 17.6. The second-order valence-electron chi connectivity index (χ2n) is 6.75. The molecule has 6 nitrogen and oxygen atoms in total. The topological polar surface area (TPSA) is 62.2 Å². The van der Waals surface area contributed by atoms with Crippen LogP contribution in [0, 0.1) is 0 Å². The van der Waals surface area contributed by atoms with E-state index in [2.05, 4.69) is 9.80 Å². The summed E-state index contributed by atoms with van der Waals surface area (Å²) >= 11 is 0. The highest BCUT2D eigenvalue weighted by molar-refractivity contribution is 5.89. The summed E-state index contributed by atoms with van der Waals surface area (Å²) in [7, 11) is 0. The minimum atomic E-state index is -0.666. The molecular weight excluding hydrogens is 320 g/mol. The van der Waals surface area contributed by atoms with Crippen LogP contribution < -0.4 is 0 Å². The molecule has 2 unspecified atom stereocenters. The molecule has 2 saturated heterocycles. The minimum absolute atomic E-state index is 0.0918. The van der Waals surface area contributed by atoms with Crippen LogP contribution in [-0.2, 0) is 16.0 Å². The normalized spacial score (nSPS) is 22.6. The third-order valence-corrected chi connectivity index (χ3v) is 4.93. The number of aliphatic hydroxyl groups excluding tert-OH is 1. The van der Waals surface area contributed by atoms with Crippen LogP contribution in [0.5, 0.6) is 0 Å². The first-order chi connectivity index (χ1) is 12.2. The van der Waals surface area contributed by atoms with Gasteiger partial charge in [0.15, 0.2) is 0 Å². The van der Waals surface area contributed by atoms with Gasteiger partial charge in [-0.25, -0.2) is 4.79 Å². The summed E-state index contributed by atoms with van der Waals surface area (Å²) in [4.78, 5) is 17.2. The van der Waals surface area contributed by atoms with E-state index < -0.39 is 12.3 Å². The largest absolute Gasteiger partial charge is 0.432 e. The molecule has 0 radical (unpaired) electrons. The van der Waals surface area contributed by atoms with Crippen LogP contribution in [0.2, 0.25) is 0 Å². The lowest BCUT2D eigenvalue weighted by Gasteiger charge is -2.40. The average molecular weight is 348 g/mol. The van der Waals surface area contributed by atoms with Crippen LogP contribution in [0.15, 0.2) is 24.3 Å². The van der Waals surface area contributed by atoms with Crippen molar-refractivity contribution in [2.45, 2.75) is 45.2 Å². The molecule has 0 aliphatic carbocycles. The van der Waals surface area contributed by atoms with Gasteiger partial charge < -0.3 is 14.6 Å². The maximum absolute atomic E-state index is 12.1. The van der Waals surface area contributed by atoms with Gasteiger partial charge in [0.2, 0.25) is 6.29 Å². The zero-order valence-electron chi connectivity index (χ0n) is 14.9. The zero-order valence-corrected chi connectivity index (χ0v) is 14.9. The van der Waals surface area contributed by atoms with Crippen molar-refractivity contribution in [3.63, 3.8) is 0 Å². The monoisotopic (exact) mass is 348 g/mol. The molecule has 0 bridgehead atoms. The lowest BCUT2D eigenvalue weighted by Crippen LogP contribution is -2.49. The van der Waals surface area contributed by atoms with Crippen molar-refractivity contribution in [2.75, 3.05) is 32.8 Å². The smallest absolute Gasteiger partial charge is 0.340 e. The quantitative estimate of drug-likeness (QED) is 0.599. The minimum Gasteiger partial charge on any atom is -0.432 e.